The Balaban J connectivity index is 0. The van der Waals surface area contributed by atoms with Gasteiger partial charge in [0.1, 0.15) is 7.11 Å². The molecule has 1 aliphatic rings. The third kappa shape index (κ3) is 5.23. The van der Waals surface area contributed by atoms with Gasteiger partial charge in [0.2, 0.25) is 0 Å². The fraction of sp³-hybridized carbons (Fsp3) is 0.444. The fourth-order valence-electron chi connectivity index (χ4n) is 2.57. The minimum absolute atomic E-state index is 0. The van der Waals surface area contributed by atoms with Gasteiger partial charge in [-0.15, -0.1) is 6.08 Å². The molecule has 0 unspecified atom stereocenters. The van der Waals surface area contributed by atoms with Gasteiger partial charge in [-0.25, -0.2) is 21.4 Å². The third-order valence-corrected chi connectivity index (χ3v) is 3.39. The Kier molecular flexibility index (Phi) is 11.9. The van der Waals surface area contributed by atoms with Crippen LogP contribution in [0.4, 0.5) is 0 Å². The Bertz CT molecular complexity index is 654. The number of rotatable bonds is 3. The van der Waals surface area contributed by atoms with Crippen LogP contribution in [0.5, 0.6) is 0 Å². The van der Waals surface area contributed by atoms with Crippen molar-refractivity contribution in [3.8, 4) is 0 Å². The first-order chi connectivity index (χ1) is 10.4. The number of aromatic nitrogens is 2. The smallest absolute Gasteiger partial charge is 0.427 e. The molecule has 0 atom stereocenters. The number of amidine groups is 1. The van der Waals surface area contributed by atoms with Crippen LogP contribution in [-0.2, 0) is 4.84 Å². The number of allylic oxidation sites excluding steroid dienone is 1. The first kappa shape index (κ1) is 25.7. The molecule has 5 nitrogen and oxygen atoms in total. The van der Waals surface area contributed by atoms with Crippen LogP contribution in [0.25, 0.3) is 11.1 Å². The summed E-state index contributed by atoms with van der Waals surface area (Å²) in [7, 11) is 1.46. The summed E-state index contributed by atoms with van der Waals surface area (Å²) >= 11 is 0. The summed E-state index contributed by atoms with van der Waals surface area (Å²) < 4.78 is 3.03. The molecule has 128 valence electrons. The number of hydrogen-bond acceptors (Lipinski definition) is 2. The molecule has 2 rings (SSSR count). The summed E-state index contributed by atoms with van der Waals surface area (Å²) in [5, 5.41) is 14.3. The predicted molar refractivity (Wildman–Crippen MR) is 97.3 cm³/mol. The van der Waals surface area contributed by atoms with Crippen molar-refractivity contribution in [2.24, 2.45) is 0 Å². The van der Waals surface area contributed by atoms with Gasteiger partial charge in [0.05, 0.1) is 11.5 Å². The molecule has 0 aromatic carbocycles. The predicted octanol–water partition coefficient (Wildman–Crippen LogP) is 0.930. The Labute approximate surface area is 189 Å². The quantitative estimate of drug-likeness (QED) is 0.460. The van der Waals surface area contributed by atoms with E-state index in [0.29, 0.717) is 5.92 Å². The van der Waals surface area contributed by atoms with Gasteiger partial charge in [-0.3, -0.25) is 0 Å². The van der Waals surface area contributed by atoms with Gasteiger partial charge in [0.15, 0.2) is 0 Å². The normalized spacial score (nSPS) is 13.2. The van der Waals surface area contributed by atoms with Crippen molar-refractivity contribution in [2.45, 2.75) is 47.5 Å². The first-order valence-corrected chi connectivity index (χ1v) is 7.52. The van der Waals surface area contributed by atoms with Crippen LogP contribution in [0.15, 0.2) is 11.6 Å². The maximum atomic E-state index is 9.77. The topological polar surface area (TPSA) is 52.4 Å². The largest absolute Gasteiger partial charge is 1.00 e. The van der Waals surface area contributed by atoms with E-state index in [4.69, 9.17) is 11.4 Å². The molecule has 0 bridgehead atoms. The van der Waals surface area contributed by atoms with Crippen LogP contribution >= 0.6 is 0 Å². The molecular weight excluding hydrogens is 327 g/mol. The van der Waals surface area contributed by atoms with Crippen molar-refractivity contribution in [1.29, 1.82) is 0 Å². The van der Waals surface area contributed by atoms with E-state index in [0.717, 1.165) is 17.1 Å². The van der Waals surface area contributed by atoms with Crippen LogP contribution in [0, 0.1) is 27.9 Å². The van der Waals surface area contributed by atoms with Crippen molar-refractivity contribution in [3.63, 3.8) is 0 Å². The molecule has 1 aromatic rings. The van der Waals surface area contributed by atoms with Crippen molar-refractivity contribution >= 4 is 17.7 Å². The Morgan fingerprint density at radius 3 is 2.25 bits per heavy atom. The Morgan fingerprint density at radius 1 is 1.29 bits per heavy atom. The molecule has 6 heteroatoms. The Morgan fingerprint density at radius 2 is 1.83 bits per heavy atom. The third-order valence-electron chi connectivity index (χ3n) is 3.39. The molecule has 1 aliphatic heterocycles. The minimum Gasteiger partial charge on any atom is -0.427 e. The van der Waals surface area contributed by atoms with Gasteiger partial charge >= 0.3 is 51.4 Å². The van der Waals surface area contributed by atoms with E-state index >= 15 is 0 Å². The second kappa shape index (κ2) is 11.2. The van der Waals surface area contributed by atoms with Crippen LogP contribution in [0.2, 0.25) is 0 Å². The van der Waals surface area contributed by atoms with E-state index in [1.54, 1.807) is 12.3 Å². The summed E-state index contributed by atoms with van der Waals surface area (Å²) in [5.41, 5.74) is 4.26. The van der Waals surface area contributed by atoms with E-state index in [1.165, 1.54) is 17.4 Å². The summed E-state index contributed by atoms with van der Waals surface area (Å²) in [6, 6.07) is 0. The molecule has 0 saturated heterocycles. The van der Waals surface area contributed by atoms with E-state index < -0.39 is 0 Å². The number of nitrogens with zero attached hydrogens (tertiary/aromatic N) is 4. The second-order valence-electron chi connectivity index (χ2n) is 5.14. The van der Waals surface area contributed by atoms with Crippen LogP contribution in [-0.4, -0.2) is 33.7 Å². The van der Waals surface area contributed by atoms with Crippen LogP contribution in [0.3, 0.4) is 0 Å². The fourth-order valence-corrected chi connectivity index (χ4v) is 2.57. The maximum Gasteiger partial charge on any atom is 1.00 e. The van der Waals surface area contributed by atoms with E-state index in [-0.39, 0.29) is 70.2 Å². The molecule has 0 radical (unpaired) electrons. The maximum absolute atomic E-state index is 9.77. The number of hydroxylamine groups is 1. The van der Waals surface area contributed by atoms with Crippen LogP contribution in [0.1, 0.15) is 50.6 Å². The van der Waals surface area contributed by atoms with Crippen molar-refractivity contribution in [1.82, 2.24) is 9.78 Å². The zero-order valence-corrected chi connectivity index (χ0v) is 19.6. The van der Waals surface area contributed by atoms with Gasteiger partial charge in [-0.05, 0) is 25.3 Å². The van der Waals surface area contributed by atoms with E-state index in [9.17, 15) is 5.41 Å². The standard InChI is InChI=1S/C15H19N4O.C2H6.CH3.K/c1-9(2)14-11(4)17-19(12(14)5)13-7-10(3)15(16)18(8-13)20-6;1-2;;/h3,7-9H,1-2,4-6H3;1-2H3;1H3;/q-1;;-1;+1. The minimum atomic E-state index is -0.123. The molecule has 0 N–H and O–H groups in total. The van der Waals surface area contributed by atoms with Gasteiger partial charge in [0, 0.05) is 17.6 Å². The van der Waals surface area contributed by atoms with Crippen molar-refractivity contribution in [3.05, 3.63) is 48.0 Å². The van der Waals surface area contributed by atoms with E-state index in [2.05, 4.69) is 18.9 Å². The average molecular weight is 356 g/mol. The molecule has 0 aliphatic carbocycles. The van der Waals surface area contributed by atoms with Gasteiger partial charge in [-0.2, -0.15) is 10.7 Å². The summed E-state index contributed by atoms with van der Waals surface area (Å²) in [6.45, 7) is 18.1. The number of hydrogen-bond donors (Lipinski definition) is 0. The Hall–Kier alpha value is -0.534. The second-order valence-corrected chi connectivity index (χ2v) is 5.14. The van der Waals surface area contributed by atoms with Gasteiger partial charge in [-0.1, -0.05) is 27.7 Å². The van der Waals surface area contributed by atoms with Gasteiger partial charge < -0.3 is 12.3 Å². The average Bonchev–Trinajstić information content (AvgIpc) is 2.79. The molecular formula is C18H28KN4O-. The summed E-state index contributed by atoms with van der Waals surface area (Å²) in [4.78, 5) is 5.06. The number of aryl methyl sites for hydroxylation is 1. The van der Waals surface area contributed by atoms with E-state index in [1.807, 2.05) is 32.4 Å². The molecule has 1 aromatic heterocycles. The molecule has 0 amide bonds. The monoisotopic (exact) mass is 355 g/mol. The van der Waals surface area contributed by atoms with Crippen LogP contribution < -0.4 is 51.4 Å². The molecule has 0 fully saturated rings. The molecule has 2 heterocycles. The molecule has 24 heavy (non-hydrogen) atoms. The first-order valence-electron chi connectivity index (χ1n) is 7.52. The van der Waals surface area contributed by atoms with Crippen molar-refractivity contribution < 1.29 is 61.0 Å². The zero-order chi connectivity index (χ0) is 17.0. The molecule has 0 spiro atoms. The summed E-state index contributed by atoms with van der Waals surface area (Å²) in [6.07, 6.45) is 3.32. The van der Waals surface area contributed by atoms with Crippen molar-refractivity contribution in [2.75, 3.05) is 7.11 Å². The summed E-state index contributed by atoms with van der Waals surface area (Å²) in [5.74, 6) is 0.273. The molecule has 0 saturated carbocycles. The SMILES string of the molecule is CC.[CH-]=C1C=C(n2nc(C)c(C(C)C)c2C)C=[N+](OC)C1=[N-].[CH3-].[K+]. The zero-order valence-electron chi connectivity index (χ0n) is 16.5. The van der Waals surface area contributed by atoms with Gasteiger partial charge in [0.25, 0.3) is 0 Å².